The highest BCUT2D eigenvalue weighted by molar-refractivity contribution is 9.11. The fraction of sp³-hybridized carbons (Fsp3) is 0.733. The molecule has 0 radical (unpaired) electrons. The third-order valence-corrected chi connectivity index (χ3v) is 6.37. The number of nitrogens with two attached hydrogens (primary N) is 1. The number of thiophene rings is 1. The quantitative estimate of drug-likeness (QED) is 0.618. The van der Waals surface area contributed by atoms with Gasteiger partial charge in [-0.05, 0) is 59.2 Å². The number of ether oxygens (including phenoxy) is 1. The van der Waals surface area contributed by atoms with Crippen molar-refractivity contribution in [3.63, 3.8) is 0 Å². The van der Waals surface area contributed by atoms with Crippen molar-refractivity contribution in [1.82, 2.24) is 5.43 Å². The van der Waals surface area contributed by atoms with Gasteiger partial charge in [0.05, 0.1) is 15.4 Å². The molecule has 1 aromatic heterocycles. The van der Waals surface area contributed by atoms with E-state index in [1.807, 2.05) is 7.11 Å². The molecule has 3 N–H and O–H groups in total. The van der Waals surface area contributed by atoms with Gasteiger partial charge in [0.15, 0.2) is 0 Å². The van der Waals surface area contributed by atoms with Gasteiger partial charge < -0.3 is 4.74 Å². The molecule has 1 aliphatic rings. The lowest BCUT2D eigenvalue weighted by Gasteiger charge is -2.46. The van der Waals surface area contributed by atoms with Crippen LogP contribution in [0.25, 0.3) is 0 Å². The zero-order valence-electron chi connectivity index (χ0n) is 12.5. The van der Waals surface area contributed by atoms with Crippen molar-refractivity contribution in [2.45, 2.75) is 57.6 Å². The fourth-order valence-corrected chi connectivity index (χ4v) is 4.63. The molecule has 114 valence electrons. The van der Waals surface area contributed by atoms with Gasteiger partial charge in [0.1, 0.15) is 0 Å². The SMILES string of the molecule is COC1(C(Cc2ccc(Br)s2)NN)CCC(C)(C)CC1. The first-order chi connectivity index (χ1) is 9.41. The summed E-state index contributed by atoms with van der Waals surface area (Å²) in [6, 6.07) is 4.42. The minimum Gasteiger partial charge on any atom is -0.377 e. The molecular formula is C15H25BrN2OS. The molecule has 1 aliphatic carbocycles. The zero-order valence-corrected chi connectivity index (χ0v) is 14.9. The van der Waals surface area contributed by atoms with E-state index in [-0.39, 0.29) is 11.6 Å². The van der Waals surface area contributed by atoms with Gasteiger partial charge in [-0.2, -0.15) is 0 Å². The van der Waals surface area contributed by atoms with Crippen LogP contribution in [-0.2, 0) is 11.2 Å². The van der Waals surface area contributed by atoms with Gasteiger partial charge in [-0.25, -0.2) is 0 Å². The molecule has 1 aromatic rings. The molecule has 3 nitrogen and oxygen atoms in total. The average Bonchev–Trinajstić information content (AvgIpc) is 2.83. The van der Waals surface area contributed by atoms with E-state index in [1.54, 1.807) is 11.3 Å². The molecule has 0 bridgehead atoms. The highest BCUT2D eigenvalue weighted by Crippen LogP contribution is 2.44. The van der Waals surface area contributed by atoms with Crippen molar-refractivity contribution >= 4 is 27.3 Å². The van der Waals surface area contributed by atoms with Crippen LogP contribution in [-0.4, -0.2) is 18.8 Å². The number of halogens is 1. The summed E-state index contributed by atoms with van der Waals surface area (Å²) in [7, 11) is 1.83. The first-order valence-corrected chi connectivity index (χ1v) is 8.77. The molecule has 2 rings (SSSR count). The number of hydrogen-bond donors (Lipinski definition) is 2. The van der Waals surface area contributed by atoms with Crippen LogP contribution in [0.3, 0.4) is 0 Å². The molecule has 20 heavy (non-hydrogen) atoms. The number of nitrogens with one attached hydrogen (secondary N) is 1. The predicted octanol–water partition coefficient (Wildman–Crippen LogP) is 3.87. The van der Waals surface area contributed by atoms with Gasteiger partial charge in [-0.15, -0.1) is 11.3 Å². The van der Waals surface area contributed by atoms with Crippen LogP contribution >= 0.6 is 27.3 Å². The van der Waals surface area contributed by atoms with Crippen molar-refractivity contribution in [2.24, 2.45) is 11.3 Å². The lowest BCUT2D eigenvalue weighted by molar-refractivity contribution is -0.0860. The molecule has 5 heteroatoms. The lowest BCUT2D eigenvalue weighted by atomic mass is 9.68. The Labute approximate surface area is 134 Å². The predicted molar refractivity (Wildman–Crippen MR) is 88.8 cm³/mol. The van der Waals surface area contributed by atoms with E-state index in [0.717, 1.165) is 19.3 Å². The second-order valence-electron chi connectivity index (χ2n) is 6.56. The molecule has 1 heterocycles. The summed E-state index contributed by atoms with van der Waals surface area (Å²) < 4.78 is 7.12. The summed E-state index contributed by atoms with van der Waals surface area (Å²) in [5, 5.41) is 0. The number of rotatable bonds is 5. The summed E-state index contributed by atoms with van der Waals surface area (Å²) in [5.74, 6) is 5.85. The maximum atomic E-state index is 5.95. The second-order valence-corrected chi connectivity index (χ2v) is 9.11. The van der Waals surface area contributed by atoms with E-state index < -0.39 is 0 Å². The second kappa shape index (κ2) is 6.44. The fourth-order valence-electron chi connectivity index (χ4n) is 3.10. The normalized spacial score (nSPS) is 22.6. The number of hydrazine groups is 1. The lowest BCUT2D eigenvalue weighted by Crippen LogP contribution is -2.57. The smallest absolute Gasteiger partial charge is 0.0848 e. The minimum absolute atomic E-state index is 0.138. The molecule has 1 atom stereocenters. The van der Waals surface area contributed by atoms with Gasteiger partial charge in [-0.3, -0.25) is 11.3 Å². The molecule has 0 aliphatic heterocycles. The van der Waals surface area contributed by atoms with E-state index in [4.69, 9.17) is 10.6 Å². The van der Waals surface area contributed by atoms with Gasteiger partial charge in [0, 0.05) is 18.4 Å². The van der Waals surface area contributed by atoms with E-state index in [2.05, 4.69) is 47.3 Å². The van der Waals surface area contributed by atoms with E-state index in [1.165, 1.54) is 21.5 Å². The van der Waals surface area contributed by atoms with E-state index in [0.29, 0.717) is 5.41 Å². The van der Waals surface area contributed by atoms with Gasteiger partial charge in [0.25, 0.3) is 0 Å². The summed E-state index contributed by atoms with van der Waals surface area (Å²) in [5.41, 5.74) is 3.30. The number of methoxy groups -OCH3 is 1. The average molecular weight is 361 g/mol. The highest BCUT2D eigenvalue weighted by atomic mass is 79.9. The first-order valence-electron chi connectivity index (χ1n) is 7.16. The van der Waals surface area contributed by atoms with E-state index in [9.17, 15) is 0 Å². The monoisotopic (exact) mass is 360 g/mol. The molecular weight excluding hydrogens is 336 g/mol. The Kier molecular flexibility index (Phi) is 5.29. The van der Waals surface area contributed by atoms with Crippen molar-refractivity contribution in [3.8, 4) is 0 Å². The topological polar surface area (TPSA) is 47.3 Å². The Hall–Kier alpha value is 0.0600. The maximum absolute atomic E-state index is 5.95. The molecule has 0 amide bonds. The zero-order chi connectivity index (χ0) is 14.8. The number of hydrogen-bond acceptors (Lipinski definition) is 4. The van der Waals surface area contributed by atoms with Crippen LogP contribution < -0.4 is 11.3 Å². The Morgan fingerprint density at radius 1 is 1.35 bits per heavy atom. The molecule has 1 saturated carbocycles. The highest BCUT2D eigenvalue weighted by Gasteiger charge is 2.44. The van der Waals surface area contributed by atoms with Crippen LogP contribution in [0.1, 0.15) is 44.4 Å². The molecule has 0 aromatic carbocycles. The molecule has 1 fully saturated rings. The van der Waals surface area contributed by atoms with Crippen molar-refractivity contribution in [3.05, 3.63) is 20.8 Å². The summed E-state index contributed by atoms with van der Waals surface area (Å²) >= 11 is 5.29. The van der Waals surface area contributed by atoms with Crippen LogP contribution in [0.2, 0.25) is 0 Å². The third kappa shape index (κ3) is 3.63. The van der Waals surface area contributed by atoms with Crippen LogP contribution in [0.4, 0.5) is 0 Å². The Bertz CT molecular complexity index is 437. The molecule has 0 spiro atoms. The third-order valence-electron chi connectivity index (χ3n) is 4.73. The van der Waals surface area contributed by atoms with Crippen LogP contribution in [0.5, 0.6) is 0 Å². The first kappa shape index (κ1) is 16.4. The molecule has 0 saturated heterocycles. The Morgan fingerprint density at radius 3 is 2.45 bits per heavy atom. The van der Waals surface area contributed by atoms with E-state index >= 15 is 0 Å². The van der Waals surface area contributed by atoms with Gasteiger partial charge in [-0.1, -0.05) is 13.8 Å². The van der Waals surface area contributed by atoms with Gasteiger partial charge in [0.2, 0.25) is 0 Å². The Balaban J connectivity index is 2.11. The van der Waals surface area contributed by atoms with Crippen LogP contribution in [0, 0.1) is 5.41 Å². The summed E-state index contributed by atoms with van der Waals surface area (Å²) in [6.45, 7) is 4.68. The van der Waals surface area contributed by atoms with Crippen LogP contribution in [0.15, 0.2) is 15.9 Å². The Morgan fingerprint density at radius 2 is 2.00 bits per heavy atom. The molecule has 1 unspecified atom stereocenters. The standard InChI is InChI=1S/C15H25BrN2OS/c1-14(2)6-8-15(19-3,9-7-14)12(18-17)10-11-4-5-13(16)20-11/h4-5,12,18H,6-10,17H2,1-3H3. The van der Waals surface area contributed by atoms with Crippen molar-refractivity contribution < 1.29 is 4.74 Å². The summed E-state index contributed by atoms with van der Waals surface area (Å²) in [4.78, 5) is 1.33. The van der Waals surface area contributed by atoms with Crippen molar-refractivity contribution in [1.29, 1.82) is 0 Å². The largest absolute Gasteiger partial charge is 0.377 e. The maximum Gasteiger partial charge on any atom is 0.0848 e. The minimum atomic E-state index is -0.138. The van der Waals surface area contributed by atoms with Gasteiger partial charge >= 0.3 is 0 Å². The summed E-state index contributed by atoms with van der Waals surface area (Å²) in [6.07, 6.45) is 5.43. The van der Waals surface area contributed by atoms with Crippen molar-refractivity contribution in [2.75, 3.05) is 7.11 Å².